The fraction of sp³-hybridized carbons (Fsp3) is 0.750. The van der Waals surface area contributed by atoms with Gasteiger partial charge in [-0.15, -0.1) is 0 Å². The van der Waals surface area contributed by atoms with Crippen LogP contribution in [0.4, 0.5) is 9.18 Å². The van der Waals surface area contributed by atoms with Crippen molar-refractivity contribution in [3.05, 3.63) is 0 Å². The third-order valence-electron chi connectivity index (χ3n) is 1.54. The number of rotatable bonds is 4. The molecule has 0 unspecified atom stereocenters. The Morgan fingerprint density at radius 3 is 2.31 bits per heavy atom. The summed E-state index contributed by atoms with van der Waals surface area (Å²) < 4.78 is 16.5. The van der Waals surface area contributed by atoms with Gasteiger partial charge in [-0.05, 0) is 0 Å². The maximum absolute atomic E-state index is 12.3. The zero-order chi connectivity index (χ0) is 10.4. The number of alkyl halides is 1. The number of Topliss-reactive ketones (excluding diaryl/α,β-unsaturated/α-hetero) is 1. The van der Waals surface area contributed by atoms with Crippen molar-refractivity contribution >= 4 is 11.9 Å². The fourth-order valence-corrected chi connectivity index (χ4v) is 0.789. The highest BCUT2D eigenvalue weighted by Gasteiger charge is 2.22. The summed E-state index contributed by atoms with van der Waals surface area (Å²) in [6.45, 7) is 2.38. The molecule has 0 aromatic heterocycles. The van der Waals surface area contributed by atoms with E-state index in [1.165, 1.54) is 0 Å². The Kier molecular flexibility index (Phi) is 5.03. The zero-order valence-electron chi connectivity index (χ0n) is 7.96. The van der Waals surface area contributed by atoms with Crippen LogP contribution in [0.3, 0.4) is 0 Å². The van der Waals surface area contributed by atoms with Crippen LogP contribution in [0.5, 0.6) is 0 Å². The molecule has 76 valence electrons. The van der Waals surface area contributed by atoms with Gasteiger partial charge in [-0.2, -0.15) is 0 Å². The fourth-order valence-electron chi connectivity index (χ4n) is 0.789. The van der Waals surface area contributed by atoms with E-state index >= 15 is 0 Å². The Hall–Kier alpha value is -1.13. The number of carbonyl (C=O) groups is 2. The van der Waals surface area contributed by atoms with Crippen molar-refractivity contribution in [1.82, 2.24) is 5.32 Å². The van der Waals surface area contributed by atoms with Gasteiger partial charge in [0, 0.05) is 5.92 Å². The monoisotopic (exact) mass is 191 g/mol. The number of halogens is 1. The molecule has 0 saturated carbocycles. The average Bonchev–Trinajstić information content (AvgIpc) is 2.12. The summed E-state index contributed by atoms with van der Waals surface area (Å²) in [5.41, 5.74) is 0. The van der Waals surface area contributed by atoms with Gasteiger partial charge in [0.15, 0.2) is 5.78 Å². The van der Waals surface area contributed by atoms with E-state index in [4.69, 9.17) is 0 Å². The van der Waals surface area contributed by atoms with E-state index in [1.807, 2.05) is 0 Å². The SMILES string of the molecule is COC(=O)N[C@@H](CF)C(=O)C(C)C. The van der Waals surface area contributed by atoms with Crippen molar-refractivity contribution in [2.45, 2.75) is 19.9 Å². The lowest BCUT2D eigenvalue weighted by atomic mass is 10.0. The van der Waals surface area contributed by atoms with Crippen LogP contribution in [-0.2, 0) is 9.53 Å². The van der Waals surface area contributed by atoms with E-state index in [9.17, 15) is 14.0 Å². The Balaban J connectivity index is 4.18. The lowest BCUT2D eigenvalue weighted by molar-refractivity contribution is -0.124. The van der Waals surface area contributed by atoms with Gasteiger partial charge in [0.1, 0.15) is 12.7 Å². The van der Waals surface area contributed by atoms with Crippen LogP contribution in [0.15, 0.2) is 0 Å². The minimum absolute atomic E-state index is 0.307. The molecule has 5 heteroatoms. The van der Waals surface area contributed by atoms with E-state index in [2.05, 4.69) is 10.1 Å². The Labute approximate surface area is 76.4 Å². The van der Waals surface area contributed by atoms with Crippen LogP contribution in [0.2, 0.25) is 0 Å². The molecule has 0 aromatic rings. The second-order valence-electron chi connectivity index (χ2n) is 2.90. The third kappa shape index (κ3) is 3.87. The maximum Gasteiger partial charge on any atom is 0.407 e. The molecule has 13 heavy (non-hydrogen) atoms. The quantitative estimate of drug-likeness (QED) is 0.718. The highest BCUT2D eigenvalue weighted by atomic mass is 19.1. The van der Waals surface area contributed by atoms with Gasteiger partial charge in [0.2, 0.25) is 0 Å². The first-order valence-corrected chi connectivity index (χ1v) is 3.97. The Morgan fingerprint density at radius 1 is 1.46 bits per heavy atom. The molecule has 0 rings (SSSR count). The molecule has 1 N–H and O–H groups in total. The van der Waals surface area contributed by atoms with Crippen molar-refractivity contribution < 1.29 is 18.7 Å². The molecule has 0 aliphatic rings. The average molecular weight is 191 g/mol. The molecule has 1 atom stereocenters. The normalized spacial score (nSPS) is 12.4. The number of ether oxygens (including phenoxy) is 1. The minimum atomic E-state index is -1.09. The van der Waals surface area contributed by atoms with Crippen molar-refractivity contribution in [1.29, 1.82) is 0 Å². The van der Waals surface area contributed by atoms with Gasteiger partial charge in [0.05, 0.1) is 7.11 Å². The van der Waals surface area contributed by atoms with E-state index in [1.54, 1.807) is 13.8 Å². The predicted molar refractivity (Wildman–Crippen MR) is 45.1 cm³/mol. The number of ketones is 1. The summed E-state index contributed by atoms with van der Waals surface area (Å²) in [5.74, 6) is -0.647. The summed E-state index contributed by atoms with van der Waals surface area (Å²) in [6, 6.07) is -1.09. The van der Waals surface area contributed by atoms with Crippen molar-refractivity contribution in [2.24, 2.45) is 5.92 Å². The molecule has 0 saturated heterocycles. The molecule has 0 aromatic carbocycles. The maximum atomic E-state index is 12.3. The topological polar surface area (TPSA) is 55.4 Å². The first-order valence-electron chi connectivity index (χ1n) is 3.97. The highest BCUT2D eigenvalue weighted by molar-refractivity contribution is 5.88. The van der Waals surface area contributed by atoms with Crippen LogP contribution in [0.1, 0.15) is 13.8 Å². The van der Waals surface area contributed by atoms with E-state index < -0.39 is 18.8 Å². The third-order valence-corrected chi connectivity index (χ3v) is 1.54. The molecule has 0 heterocycles. The molecule has 0 aliphatic heterocycles. The van der Waals surface area contributed by atoms with Crippen molar-refractivity contribution in [2.75, 3.05) is 13.8 Å². The van der Waals surface area contributed by atoms with Gasteiger partial charge in [0.25, 0.3) is 0 Å². The van der Waals surface area contributed by atoms with Crippen LogP contribution >= 0.6 is 0 Å². The van der Waals surface area contributed by atoms with Crippen molar-refractivity contribution in [3.63, 3.8) is 0 Å². The van der Waals surface area contributed by atoms with Gasteiger partial charge in [-0.3, -0.25) is 4.79 Å². The predicted octanol–water partition coefficient (Wildman–Crippen LogP) is 0.906. The van der Waals surface area contributed by atoms with Crippen LogP contribution in [0.25, 0.3) is 0 Å². The van der Waals surface area contributed by atoms with E-state index in [0.717, 1.165) is 7.11 Å². The van der Waals surface area contributed by atoms with E-state index in [-0.39, 0.29) is 11.7 Å². The zero-order valence-corrected chi connectivity index (χ0v) is 7.96. The number of amides is 1. The van der Waals surface area contributed by atoms with Gasteiger partial charge in [-0.1, -0.05) is 13.8 Å². The van der Waals surface area contributed by atoms with Gasteiger partial charge < -0.3 is 10.1 Å². The van der Waals surface area contributed by atoms with Crippen LogP contribution in [0, 0.1) is 5.92 Å². The number of carbonyl (C=O) groups excluding carboxylic acids is 2. The van der Waals surface area contributed by atoms with Gasteiger partial charge in [-0.25, -0.2) is 9.18 Å². The second kappa shape index (κ2) is 5.50. The van der Waals surface area contributed by atoms with Crippen molar-refractivity contribution in [3.8, 4) is 0 Å². The molecule has 4 nitrogen and oxygen atoms in total. The van der Waals surface area contributed by atoms with E-state index in [0.29, 0.717) is 0 Å². The molecule has 0 spiro atoms. The second-order valence-corrected chi connectivity index (χ2v) is 2.90. The number of hydrogen-bond donors (Lipinski definition) is 1. The summed E-state index contributed by atoms with van der Waals surface area (Å²) in [6.07, 6.45) is -0.795. The Bertz CT molecular complexity index is 194. The first kappa shape index (κ1) is 11.9. The molecule has 0 fully saturated rings. The number of methoxy groups -OCH3 is 1. The van der Waals surface area contributed by atoms with Crippen LogP contribution < -0.4 is 5.32 Å². The molecule has 0 radical (unpaired) electrons. The molecular formula is C8H14FNO3. The molecule has 1 amide bonds. The number of hydrogen-bond acceptors (Lipinski definition) is 3. The minimum Gasteiger partial charge on any atom is -0.453 e. The summed E-state index contributed by atoms with van der Waals surface area (Å²) >= 11 is 0. The number of nitrogens with one attached hydrogen (secondary N) is 1. The molecule has 0 aliphatic carbocycles. The van der Waals surface area contributed by atoms with Gasteiger partial charge >= 0.3 is 6.09 Å². The largest absolute Gasteiger partial charge is 0.453 e. The first-order chi connectivity index (χ1) is 6.02. The molecule has 0 bridgehead atoms. The van der Waals surface area contributed by atoms with Crippen LogP contribution in [-0.4, -0.2) is 31.7 Å². The standard InChI is InChI=1S/C8H14FNO3/c1-5(2)7(11)6(4-9)10-8(12)13-3/h5-6H,4H2,1-3H3,(H,10,12)/t6-/m0/s1. The molecular weight excluding hydrogens is 177 g/mol. The Morgan fingerprint density at radius 2 is 2.00 bits per heavy atom. The lowest BCUT2D eigenvalue weighted by Gasteiger charge is -2.14. The summed E-state index contributed by atoms with van der Waals surface area (Å²) in [5, 5.41) is 2.11. The lowest BCUT2D eigenvalue weighted by Crippen LogP contribution is -2.44. The highest BCUT2D eigenvalue weighted by Crippen LogP contribution is 2.00. The summed E-state index contributed by atoms with van der Waals surface area (Å²) in [4.78, 5) is 21.9. The number of alkyl carbamates (subject to hydrolysis) is 1. The summed E-state index contributed by atoms with van der Waals surface area (Å²) in [7, 11) is 1.16. The smallest absolute Gasteiger partial charge is 0.407 e.